The van der Waals surface area contributed by atoms with Crippen molar-refractivity contribution in [3.63, 3.8) is 0 Å². The molecule has 0 heterocycles. The number of nitro groups is 1. The lowest BCUT2D eigenvalue weighted by atomic mass is 10.1. The number of nitrogens with one attached hydrogen (secondary N) is 1. The largest absolute Gasteiger partial charge is 0.381 e. The van der Waals surface area contributed by atoms with Crippen LogP contribution in [0.1, 0.15) is 17.6 Å². The van der Waals surface area contributed by atoms with Gasteiger partial charge in [-0.15, -0.1) is 0 Å². The number of hydrogen-bond donors (Lipinski definition) is 1. The second-order valence-corrected chi connectivity index (χ2v) is 4.21. The maximum Gasteiger partial charge on any atom is 0.271 e. The zero-order valence-corrected chi connectivity index (χ0v) is 10.4. The molecule has 0 fully saturated rings. The van der Waals surface area contributed by atoms with Gasteiger partial charge in [0.1, 0.15) is 0 Å². The van der Waals surface area contributed by atoms with Crippen molar-refractivity contribution in [1.29, 1.82) is 0 Å². The third kappa shape index (κ3) is 3.50. The van der Waals surface area contributed by atoms with Crippen LogP contribution in [-0.4, -0.2) is 4.92 Å². The molecule has 0 spiro atoms. The van der Waals surface area contributed by atoms with Gasteiger partial charge in [-0.05, 0) is 17.7 Å². The second kappa shape index (κ2) is 6.10. The SMILES string of the molecule is O=[N+]([O-])c1cccc(NCc2cccc(C(F)F)c2)c1. The molecule has 104 valence electrons. The van der Waals surface area contributed by atoms with Crippen molar-refractivity contribution in [1.82, 2.24) is 0 Å². The predicted molar refractivity (Wildman–Crippen MR) is 71.8 cm³/mol. The van der Waals surface area contributed by atoms with Crippen LogP contribution in [0.25, 0.3) is 0 Å². The van der Waals surface area contributed by atoms with Crippen LogP contribution in [0.3, 0.4) is 0 Å². The van der Waals surface area contributed by atoms with Crippen LogP contribution in [0.5, 0.6) is 0 Å². The van der Waals surface area contributed by atoms with E-state index in [0.29, 0.717) is 17.8 Å². The Morgan fingerprint density at radius 2 is 1.90 bits per heavy atom. The minimum absolute atomic E-state index is 0.0173. The molecular weight excluding hydrogens is 266 g/mol. The highest BCUT2D eigenvalue weighted by atomic mass is 19.3. The zero-order valence-electron chi connectivity index (χ0n) is 10.4. The first-order chi connectivity index (χ1) is 9.56. The third-order valence-electron chi connectivity index (χ3n) is 2.76. The van der Waals surface area contributed by atoms with E-state index in [4.69, 9.17) is 0 Å². The van der Waals surface area contributed by atoms with E-state index in [-0.39, 0.29) is 11.3 Å². The fourth-order valence-corrected chi connectivity index (χ4v) is 1.77. The number of nitrogens with zero attached hydrogens (tertiary/aromatic N) is 1. The molecule has 0 aliphatic rings. The summed E-state index contributed by atoms with van der Waals surface area (Å²) in [6.45, 7) is 0.321. The van der Waals surface area contributed by atoms with Crippen LogP contribution in [-0.2, 0) is 6.54 Å². The van der Waals surface area contributed by atoms with E-state index >= 15 is 0 Å². The van der Waals surface area contributed by atoms with Gasteiger partial charge >= 0.3 is 0 Å². The van der Waals surface area contributed by atoms with Crippen LogP contribution >= 0.6 is 0 Å². The first-order valence-corrected chi connectivity index (χ1v) is 5.91. The Balaban J connectivity index is 2.07. The van der Waals surface area contributed by atoms with Crippen LogP contribution in [0, 0.1) is 10.1 Å². The van der Waals surface area contributed by atoms with Crippen molar-refractivity contribution in [2.24, 2.45) is 0 Å². The Kier molecular flexibility index (Phi) is 4.24. The molecule has 0 aliphatic carbocycles. The molecule has 0 atom stereocenters. The fourth-order valence-electron chi connectivity index (χ4n) is 1.77. The number of non-ortho nitro benzene ring substituents is 1. The lowest BCUT2D eigenvalue weighted by Gasteiger charge is -2.08. The lowest BCUT2D eigenvalue weighted by Crippen LogP contribution is -2.00. The standard InChI is InChI=1S/C14H12F2N2O2/c15-14(16)11-4-1-3-10(7-11)9-17-12-5-2-6-13(8-12)18(19)20/h1-8,14,17H,9H2. The fraction of sp³-hybridized carbons (Fsp3) is 0.143. The van der Waals surface area contributed by atoms with Gasteiger partial charge in [0.05, 0.1) is 4.92 Å². The first kappa shape index (κ1) is 13.9. The molecule has 0 aliphatic heterocycles. The Hall–Kier alpha value is -2.50. The van der Waals surface area contributed by atoms with Crippen molar-refractivity contribution in [3.8, 4) is 0 Å². The molecule has 0 radical (unpaired) electrons. The number of rotatable bonds is 5. The van der Waals surface area contributed by atoms with E-state index in [2.05, 4.69) is 5.32 Å². The van der Waals surface area contributed by atoms with Gasteiger partial charge in [-0.25, -0.2) is 8.78 Å². The number of alkyl halides is 2. The van der Waals surface area contributed by atoms with Crippen LogP contribution in [0.2, 0.25) is 0 Å². The van der Waals surface area contributed by atoms with E-state index in [1.807, 2.05) is 0 Å². The summed E-state index contributed by atoms with van der Waals surface area (Å²) in [4.78, 5) is 10.2. The number of nitro benzene ring substituents is 1. The van der Waals surface area contributed by atoms with Gasteiger partial charge in [0.2, 0.25) is 0 Å². The molecule has 4 nitrogen and oxygen atoms in total. The third-order valence-corrected chi connectivity index (χ3v) is 2.76. The number of hydrogen-bond acceptors (Lipinski definition) is 3. The van der Waals surface area contributed by atoms with Gasteiger partial charge in [0.25, 0.3) is 12.1 Å². The molecule has 20 heavy (non-hydrogen) atoms. The molecule has 2 rings (SSSR count). The molecule has 0 saturated heterocycles. The maximum atomic E-state index is 12.6. The summed E-state index contributed by atoms with van der Waals surface area (Å²) in [7, 11) is 0. The van der Waals surface area contributed by atoms with Crippen LogP contribution in [0.4, 0.5) is 20.2 Å². The minimum atomic E-state index is -2.51. The second-order valence-electron chi connectivity index (χ2n) is 4.21. The molecule has 1 N–H and O–H groups in total. The van der Waals surface area contributed by atoms with Gasteiger partial charge in [-0.1, -0.05) is 24.3 Å². The summed E-state index contributed by atoms with van der Waals surface area (Å²) >= 11 is 0. The molecule has 2 aromatic carbocycles. The number of benzene rings is 2. The summed E-state index contributed by atoms with van der Waals surface area (Å²) in [6, 6.07) is 12.1. The van der Waals surface area contributed by atoms with Crippen LogP contribution in [0.15, 0.2) is 48.5 Å². The van der Waals surface area contributed by atoms with E-state index in [9.17, 15) is 18.9 Å². The summed E-state index contributed by atoms with van der Waals surface area (Å²) < 4.78 is 25.1. The van der Waals surface area contributed by atoms with Gasteiger partial charge in [0, 0.05) is 29.9 Å². The van der Waals surface area contributed by atoms with Crippen molar-refractivity contribution in [3.05, 3.63) is 69.8 Å². The maximum absolute atomic E-state index is 12.6. The lowest BCUT2D eigenvalue weighted by molar-refractivity contribution is -0.384. The molecule has 0 amide bonds. The molecule has 2 aromatic rings. The van der Waals surface area contributed by atoms with E-state index in [1.54, 1.807) is 24.3 Å². The average Bonchev–Trinajstić information content (AvgIpc) is 2.45. The highest BCUT2D eigenvalue weighted by Crippen LogP contribution is 2.21. The molecule has 0 saturated carbocycles. The quantitative estimate of drug-likeness (QED) is 0.660. The van der Waals surface area contributed by atoms with Gasteiger partial charge < -0.3 is 5.32 Å². The summed E-state index contributed by atoms with van der Waals surface area (Å²) in [5.41, 5.74) is 1.20. The average molecular weight is 278 g/mol. The Morgan fingerprint density at radius 3 is 2.60 bits per heavy atom. The topological polar surface area (TPSA) is 55.2 Å². The Morgan fingerprint density at radius 1 is 1.15 bits per heavy atom. The molecular formula is C14H12F2N2O2. The normalized spacial score (nSPS) is 10.6. The number of anilines is 1. The molecule has 0 bridgehead atoms. The molecule has 0 aromatic heterocycles. The smallest absolute Gasteiger partial charge is 0.271 e. The first-order valence-electron chi connectivity index (χ1n) is 5.91. The monoisotopic (exact) mass is 278 g/mol. The van der Waals surface area contributed by atoms with E-state index in [1.165, 1.54) is 24.3 Å². The zero-order chi connectivity index (χ0) is 14.5. The Labute approximate surface area is 114 Å². The van der Waals surface area contributed by atoms with E-state index < -0.39 is 11.3 Å². The van der Waals surface area contributed by atoms with Gasteiger partial charge in [-0.3, -0.25) is 10.1 Å². The van der Waals surface area contributed by atoms with Crippen molar-refractivity contribution in [2.45, 2.75) is 13.0 Å². The van der Waals surface area contributed by atoms with Crippen molar-refractivity contribution < 1.29 is 13.7 Å². The minimum Gasteiger partial charge on any atom is -0.381 e. The van der Waals surface area contributed by atoms with E-state index in [0.717, 1.165) is 0 Å². The van der Waals surface area contributed by atoms with Crippen molar-refractivity contribution >= 4 is 11.4 Å². The highest BCUT2D eigenvalue weighted by Gasteiger charge is 2.08. The van der Waals surface area contributed by atoms with Gasteiger partial charge in [0.15, 0.2) is 0 Å². The number of halogens is 2. The molecule has 6 heteroatoms. The summed E-state index contributed by atoms with van der Waals surface area (Å²) in [5.74, 6) is 0. The van der Waals surface area contributed by atoms with Crippen LogP contribution < -0.4 is 5.32 Å². The van der Waals surface area contributed by atoms with Crippen molar-refractivity contribution in [2.75, 3.05) is 5.32 Å². The molecule has 0 unspecified atom stereocenters. The Bertz CT molecular complexity index is 618. The predicted octanol–water partition coefficient (Wildman–Crippen LogP) is 4.14. The van der Waals surface area contributed by atoms with Gasteiger partial charge in [-0.2, -0.15) is 0 Å². The summed E-state index contributed by atoms with van der Waals surface area (Å²) in [5, 5.41) is 13.6. The highest BCUT2D eigenvalue weighted by molar-refractivity contribution is 5.51. The summed E-state index contributed by atoms with van der Waals surface area (Å²) in [6.07, 6.45) is -2.51.